The average Bonchev–Trinajstić information content (AvgIpc) is 3.80. The molecule has 4 aliphatic rings. The maximum absolute atomic E-state index is 14.0. The van der Waals surface area contributed by atoms with Gasteiger partial charge >= 0.3 is 0 Å². The summed E-state index contributed by atoms with van der Waals surface area (Å²) in [5.74, 6) is 0.482. The van der Waals surface area contributed by atoms with E-state index in [9.17, 15) is 13.2 Å². The van der Waals surface area contributed by atoms with Crippen LogP contribution in [0.15, 0.2) is 29.2 Å². The van der Waals surface area contributed by atoms with Gasteiger partial charge in [-0.05, 0) is 81.5 Å². The summed E-state index contributed by atoms with van der Waals surface area (Å²) in [5.41, 5.74) is -0.204. The van der Waals surface area contributed by atoms with Gasteiger partial charge in [-0.3, -0.25) is 9.69 Å². The molecular formula is C27H40ClN3O4S. The van der Waals surface area contributed by atoms with E-state index in [1.54, 1.807) is 28.6 Å². The molecule has 9 heteroatoms. The Hall–Kier alpha value is -1.19. The Morgan fingerprint density at radius 2 is 1.72 bits per heavy atom. The first-order valence-corrected chi connectivity index (χ1v) is 15.3. The van der Waals surface area contributed by atoms with Gasteiger partial charge in [0.25, 0.3) is 0 Å². The third kappa shape index (κ3) is 5.08. The van der Waals surface area contributed by atoms with Crippen molar-refractivity contribution >= 4 is 27.5 Å². The monoisotopic (exact) mass is 537 g/mol. The van der Waals surface area contributed by atoms with E-state index >= 15 is 0 Å². The van der Waals surface area contributed by atoms with E-state index in [0.717, 1.165) is 58.3 Å². The quantitative estimate of drug-likeness (QED) is 0.501. The lowest BCUT2D eigenvalue weighted by Gasteiger charge is -2.46. The van der Waals surface area contributed by atoms with Gasteiger partial charge in [0, 0.05) is 43.2 Å². The molecular weight excluding hydrogens is 498 g/mol. The molecule has 0 aromatic heterocycles. The highest BCUT2D eigenvalue weighted by Gasteiger charge is 2.59. The summed E-state index contributed by atoms with van der Waals surface area (Å²) in [5, 5.41) is 0.512. The van der Waals surface area contributed by atoms with Crippen LogP contribution in [0.4, 0.5) is 0 Å². The lowest BCUT2D eigenvalue weighted by Crippen LogP contribution is -2.60. The molecule has 5 rings (SSSR count). The second-order valence-corrected chi connectivity index (χ2v) is 14.1. The number of hydrogen-bond donors (Lipinski definition) is 0. The van der Waals surface area contributed by atoms with E-state index in [-0.39, 0.29) is 33.8 Å². The van der Waals surface area contributed by atoms with Crippen LogP contribution >= 0.6 is 11.6 Å². The lowest BCUT2D eigenvalue weighted by atomic mass is 9.90. The molecule has 36 heavy (non-hydrogen) atoms. The lowest BCUT2D eigenvalue weighted by molar-refractivity contribution is -0.136. The number of hydrogen-bond acceptors (Lipinski definition) is 5. The molecule has 4 fully saturated rings. The highest BCUT2D eigenvalue weighted by Crippen LogP contribution is 2.56. The van der Waals surface area contributed by atoms with Crippen LogP contribution in [-0.4, -0.2) is 85.4 Å². The third-order valence-corrected chi connectivity index (χ3v) is 11.4. The first-order chi connectivity index (χ1) is 17.1. The van der Waals surface area contributed by atoms with Crippen molar-refractivity contribution in [3.05, 3.63) is 29.3 Å². The van der Waals surface area contributed by atoms with Crippen molar-refractivity contribution in [1.29, 1.82) is 0 Å². The Morgan fingerprint density at radius 1 is 1.08 bits per heavy atom. The van der Waals surface area contributed by atoms with Gasteiger partial charge in [-0.2, -0.15) is 4.31 Å². The number of sulfonamides is 1. The van der Waals surface area contributed by atoms with Gasteiger partial charge in [-0.1, -0.05) is 18.5 Å². The molecule has 2 aliphatic carbocycles. The number of piperazine rings is 1. The molecule has 1 aromatic carbocycles. The molecule has 200 valence electrons. The SMILES string of the molecule is CCC(C)(C)N1CCN(C(=O)CC2([C@H]3COC[C@@H](C4CC4)N3S(=O)(=O)c3ccc(Cl)cc3)CC2)CC1. The summed E-state index contributed by atoms with van der Waals surface area (Å²) in [6.45, 7) is 10.7. The van der Waals surface area contributed by atoms with Crippen molar-refractivity contribution in [3.63, 3.8) is 0 Å². The number of carbonyl (C=O) groups is 1. The molecule has 0 N–H and O–H groups in total. The zero-order chi connectivity index (χ0) is 25.7. The minimum absolute atomic E-state index is 0.140. The molecule has 2 aliphatic heterocycles. The fourth-order valence-corrected chi connectivity index (χ4v) is 8.07. The van der Waals surface area contributed by atoms with Gasteiger partial charge in [0.2, 0.25) is 15.9 Å². The molecule has 7 nitrogen and oxygen atoms in total. The molecule has 2 saturated heterocycles. The number of rotatable bonds is 8. The zero-order valence-electron chi connectivity index (χ0n) is 21.8. The van der Waals surface area contributed by atoms with E-state index < -0.39 is 10.0 Å². The Morgan fingerprint density at radius 3 is 2.28 bits per heavy atom. The molecule has 0 radical (unpaired) electrons. The number of nitrogens with zero attached hydrogens (tertiary/aromatic N) is 3. The average molecular weight is 538 g/mol. The summed E-state index contributed by atoms with van der Waals surface area (Å²) >= 11 is 6.05. The topological polar surface area (TPSA) is 70.2 Å². The van der Waals surface area contributed by atoms with Crippen LogP contribution in [-0.2, 0) is 19.6 Å². The molecule has 0 unspecified atom stereocenters. The van der Waals surface area contributed by atoms with Gasteiger partial charge in [0.15, 0.2) is 0 Å². The summed E-state index contributed by atoms with van der Waals surface area (Å²) in [6, 6.07) is 5.96. The zero-order valence-corrected chi connectivity index (χ0v) is 23.4. The van der Waals surface area contributed by atoms with Crippen LogP contribution in [0.25, 0.3) is 0 Å². The Balaban J connectivity index is 1.34. The number of benzene rings is 1. The number of carbonyl (C=O) groups excluding carboxylic acids is 1. The predicted molar refractivity (Wildman–Crippen MR) is 140 cm³/mol. The van der Waals surface area contributed by atoms with Crippen molar-refractivity contribution < 1.29 is 17.9 Å². The summed E-state index contributed by atoms with van der Waals surface area (Å²) in [6.07, 6.45) is 5.24. The van der Waals surface area contributed by atoms with E-state index in [0.29, 0.717) is 30.6 Å². The van der Waals surface area contributed by atoms with Crippen LogP contribution in [0.1, 0.15) is 59.3 Å². The number of halogens is 1. The normalized spacial score (nSPS) is 27.7. The Kier molecular flexibility index (Phi) is 7.22. The molecule has 2 saturated carbocycles. The smallest absolute Gasteiger partial charge is 0.243 e. The van der Waals surface area contributed by atoms with Gasteiger partial charge in [-0.25, -0.2) is 8.42 Å². The number of ether oxygens (including phenoxy) is 1. The van der Waals surface area contributed by atoms with E-state index in [2.05, 4.69) is 25.7 Å². The van der Waals surface area contributed by atoms with Gasteiger partial charge in [0.1, 0.15) is 0 Å². The predicted octanol–water partition coefficient (Wildman–Crippen LogP) is 4.01. The maximum atomic E-state index is 14.0. The van der Waals surface area contributed by atoms with Crippen LogP contribution in [0.3, 0.4) is 0 Å². The second kappa shape index (κ2) is 9.84. The molecule has 0 spiro atoms. The summed E-state index contributed by atoms with van der Waals surface area (Å²) < 4.78 is 35.8. The molecule has 0 bridgehead atoms. The molecule has 2 heterocycles. The second-order valence-electron chi connectivity index (χ2n) is 11.8. The fourth-order valence-electron chi connectivity index (χ4n) is 6.01. The van der Waals surface area contributed by atoms with Crippen LogP contribution in [0.5, 0.6) is 0 Å². The molecule has 1 aromatic rings. The Labute approximate surface area is 221 Å². The summed E-state index contributed by atoms with van der Waals surface area (Å²) in [7, 11) is -3.75. The van der Waals surface area contributed by atoms with Crippen molar-refractivity contribution in [3.8, 4) is 0 Å². The van der Waals surface area contributed by atoms with Crippen molar-refractivity contribution in [2.24, 2.45) is 11.3 Å². The summed E-state index contributed by atoms with van der Waals surface area (Å²) in [4.78, 5) is 18.2. The van der Waals surface area contributed by atoms with Crippen molar-refractivity contribution in [2.45, 2.75) is 81.8 Å². The van der Waals surface area contributed by atoms with Gasteiger partial charge in [-0.15, -0.1) is 0 Å². The standard InChI is InChI=1S/C27H40ClN3O4S/c1-4-26(2,3)30-15-13-29(14-16-30)25(32)17-27(11-12-27)24-19-35-18-23(20-5-6-20)31(24)36(33,34)22-9-7-21(28)8-10-22/h7-10,20,23-24H,4-6,11-19H2,1-3H3/t23-,24+/m0/s1. The van der Waals surface area contributed by atoms with Crippen molar-refractivity contribution in [2.75, 3.05) is 39.4 Å². The van der Waals surface area contributed by atoms with Crippen LogP contribution < -0.4 is 0 Å². The van der Waals surface area contributed by atoms with E-state index in [1.807, 2.05) is 4.90 Å². The van der Waals surface area contributed by atoms with Crippen molar-refractivity contribution in [1.82, 2.24) is 14.1 Å². The highest BCUT2D eigenvalue weighted by molar-refractivity contribution is 7.89. The number of amides is 1. The first-order valence-electron chi connectivity index (χ1n) is 13.5. The highest BCUT2D eigenvalue weighted by atomic mass is 35.5. The van der Waals surface area contributed by atoms with Gasteiger partial charge < -0.3 is 9.64 Å². The minimum atomic E-state index is -3.75. The molecule has 1 amide bonds. The first kappa shape index (κ1) is 26.4. The molecule has 2 atom stereocenters. The fraction of sp³-hybridized carbons (Fsp3) is 0.741. The maximum Gasteiger partial charge on any atom is 0.243 e. The van der Waals surface area contributed by atoms with Gasteiger partial charge in [0.05, 0.1) is 30.2 Å². The minimum Gasteiger partial charge on any atom is -0.378 e. The van der Waals surface area contributed by atoms with E-state index in [1.165, 1.54) is 0 Å². The Bertz CT molecular complexity index is 1060. The van der Waals surface area contributed by atoms with Crippen LogP contribution in [0.2, 0.25) is 5.02 Å². The van der Waals surface area contributed by atoms with Crippen LogP contribution in [0, 0.1) is 11.3 Å². The number of morpholine rings is 1. The third-order valence-electron chi connectivity index (χ3n) is 9.21. The largest absolute Gasteiger partial charge is 0.378 e. The van der Waals surface area contributed by atoms with E-state index in [4.69, 9.17) is 16.3 Å².